The third kappa shape index (κ3) is 3.97. The van der Waals surface area contributed by atoms with Gasteiger partial charge >= 0.3 is 0 Å². The Labute approximate surface area is 124 Å². The second-order valence-corrected chi connectivity index (χ2v) is 6.07. The van der Waals surface area contributed by atoms with Crippen molar-refractivity contribution in [3.05, 3.63) is 46.4 Å². The lowest BCUT2D eigenvalue weighted by atomic mass is 10.2. The Hall–Kier alpha value is -1.55. The third-order valence-corrected chi connectivity index (χ3v) is 4.32. The van der Waals surface area contributed by atoms with Crippen LogP contribution in [0.3, 0.4) is 0 Å². The molecule has 0 saturated carbocycles. The number of carbonyl (C=O) groups excluding carboxylic acids is 1. The van der Waals surface area contributed by atoms with E-state index in [1.807, 2.05) is 41.7 Å². The summed E-state index contributed by atoms with van der Waals surface area (Å²) in [5, 5.41) is 2.02. The van der Waals surface area contributed by atoms with Crippen molar-refractivity contribution < 1.29 is 4.79 Å². The molecule has 20 heavy (non-hydrogen) atoms. The molecule has 108 valence electrons. The first-order valence-electron chi connectivity index (χ1n) is 7.11. The Kier molecular flexibility index (Phi) is 5.41. The topological polar surface area (TPSA) is 25.2 Å². The molecule has 2 aromatic heterocycles. The van der Waals surface area contributed by atoms with Crippen molar-refractivity contribution in [2.24, 2.45) is 7.05 Å². The van der Waals surface area contributed by atoms with Crippen LogP contribution in [0.2, 0.25) is 0 Å². The van der Waals surface area contributed by atoms with E-state index in [2.05, 4.69) is 17.6 Å². The normalized spacial score (nSPS) is 10.7. The van der Waals surface area contributed by atoms with E-state index in [1.165, 1.54) is 5.69 Å². The summed E-state index contributed by atoms with van der Waals surface area (Å²) in [5.41, 5.74) is 1.18. The number of hydrogen-bond donors (Lipinski definition) is 0. The molecule has 0 aliphatic heterocycles. The lowest BCUT2D eigenvalue weighted by Crippen LogP contribution is -2.33. The first-order valence-corrected chi connectivity index (χ1v) is 7.99. The predicted octanol–water partition coefficient (Wildman–Crippen LogP) is 3.46. The maximum Gasteiger partial charge on any atom is 0.228 e. The molecule has 1 amide bonds. The molecular weight excluding hydrogens is 268 g/mol. The van der Waals surface area contributed by atoms with E-state index < -0.39 is 0 Å². The summed E-state index contributed by atoms with van der Waals surface area (Å²) in [6.45, 7) is 3.70. The smallest absolute Gasteiger partial charge is 0.228 e. The second kappa shape index (κ2) is 7.29. The highest BCUT2D eigenvalue weighted by atomic mass is 32.1. The highest BCUT2D eigenvalue weighted by Crippen LogP contribution is 2.13. The number of amides is 1. The summed E-state index contributed by atoms with van der Waals surface area (Å²) >= 11 is 1.65. The fraction of sp³-hybridized carbons (Fsp3) is 0.438. The zero-order valence-corrected chi connectivity index (χ0v) is 13.0. The number of aryl methyl sites for hydroxylation is 1. The summed E-state index contributed by atoms with van der Waals surface area (Å²) in [7, 11) is 2.02. The van der Waals surface area contributed by atoms with Crippen LogP contribution in [0.25, 0.3) is 0 Å². The summed E-state index contributed by atoms with van der Waals surface area (Å²) in [4.78, 5) is 15.6. The zero-order chi connectivity index (χ0) is 14.4. The van der Waals surface area contributed by atoms with Gasteiger partial charge < -0.3 is 9.47 Å². The van der Waals surface area contributed by atoms with Crippen LogP contribution < -0.4 is 0 Å². The molecule has 0 saturated heterocycles. The van der Waals surface area contributed by atoms with E-state index in [9.17, 15) is 4.79 Å². The molecule has 3 nitrogen and oxygen atoms in total. The fourth-order valence-electron chi connectivity index (χ4n) is 2.17. The monoisotopic (exact) mass is 290 g/mol. The van der Waals surface area contributed by atoms with Crippen molar-refractivity contribution in [3.8, 4) is 0 Å². The van der Waals surface area contributed by atoms with Gasteiger partial charge in [0.15, 0.2) is 0 Å². The number of unbranched alkanes of at least 4 members (excludes halogenated alkanes) is 1. The van der Waals surface area contributed by atoms with Crippen molar-refractivity contribution in [2.45, 2.75) is 32.7 Å². The van der Waals surface area contributed by atoms with Crippen LogP contribution in [0, 0.1) is 0 Å². The Morgan fingerprint density at radius 1 is 1.35 bits per heavy atom. The van der Waals surface area contributed by atoms with E-state index >= 15 is 0 Å². The van der Waals surface area contributed by atoms with E-state index in [1.54, 1.807) is 11.3 Å². The Morgan fingerprint density at radius 3 is 2.80 bits per heavy atom. The highest BCUT2D eigenvalue weighted by Gasteiger charge is 2.15. The standard InChI is InChI=1S/C16H22N2OS/c1-3-4-10-18(13-14-7-5-9-17(14)2)16(19)12-15-8-6-11-20-15/h5-9,11H,3-4,10,12-13H2,1-2H3. The van der Waals surface area contributed by atoms with Gasteiger partial charge in [0.05, 0.1) is 13.0 Å². The van der Waals surface area contributed by atoms with Gasteiger partial charge in [0, 0.05) is 30.4 Å². The van der Waals surface area contributed by atoms with Crippen LogP contribution in [0.4, 0.5) is 0 Å². The Bertz CT molecular complexity index is 530. The maximum atomic E-state index is 12.5. The summed E-state index contributed by atoms with van der Waals surface area (Å²) in [6, 6.07) is 8.14. The highest BCUT2D eigenvalue weighted by molar-refractivity contribution is 7.10. The summed E-state index contributed by atoms with van der Waals surface area (Å²) in [5.74, 6) is 0.224. The van der Waals surface area contributed by atoms with E-state index in [4.69, 9.17) is 0 Å². The zero-order valence-electron chi connectivity index (χ0n) is 12.2. The number of carbonyl (C=O) groups is 1. The minimum Gasteiger partial charge on any atom is -0.353 e. The van der Waals surface area contributed by atoms with E-state index in [0.717, 1.165) is 24.3 Å². The van der Waals surface area contributed by atoms with Crippen molar-refractivity contribution in [2.75, 3.05) is 6.54 Å². The van der Waals surface area contributed by atoms with E-state index in [0.29, 0.717) is 13.0 Å². The Balaban J connectivity index is 2.02. The van der Waals surface area contributed by atoms with Crippen LogP contribution in [0.1, 0.15) is 30.3 Å². The lowest BCUT2D eigenvalue weighted by molar-refractivity contribution is -0.131. The van der Waals surface area contributed by atoms with Crippen LogP contribution in [-0.4, -0.2) is 21.9 Å². The van der Waals surface area contributed by atoms with Crippen molar-refractivity contribution in [1.29, 1.82) is 0 Å². The molecule has 0 spiro atoms. The SMILES string of the molecule is CCCCN(Cc1cccn1C)C(=O)Cc1cccs1. The molecule has 0 bridgehead atoms. The molecule has 2 heterocycles. The molecule has 0 fully saturated rings. The molecule has 2 rings (SSSR count). The third-order valence-electron chi connectivity index (χ3n) is 3.44. The average Bonchev–Trinajstić information content (AvgIpc) is 3.07. The van der Waals surface area contributed by atoms with Gasteiger partial charge in [-0.1, -0.05) is 19.4 Å². The second-order valence-electron chi connectivity index (χ2n) is 5.04. The number of rotatable bonds is 7. The molecule has 0 aromatic carbocycles. The van der Waals surface area contributed by atoms with Crippen molar-refractivity contribution >= 4 is 17.2 Å². The molecule has 2 aromatic rings. The van der Waals surface area contributed by atoms with Gasteiger partial charge in [-0.05, 0) is 30.0 Å². The van der Waals surface area contributed by atoms with E-state index in [-0.39, 0.29) is 5.91 Å². The van der Waals surface area contributed by atoms with Gasteiger partial charge in [-0.15, -0.1) is 11.3 Å². The predicted molar refractivity (Wildman–Crippen MR) is 83.8 cm³/mol. The Morgan fingerprint density at radius 2 is 2.20 bits per heavy atom. The molecular formula is C16H22N2OS. The van der Waals surface area contributed by atoms with Crippen LogP contribution in [0.5, 0.6) is 0 Å². The van der Waals surface area contributed by atoms with Crippen LogP contribution in [-0.2, 0) is 24.8 Å². The quantitative estimate of drug-likeness (QED) is 0.766. The summed E-state index contributed by atoms with van der Waals surface area (Å²) in [6.07, 6.45) is 4.71. The molecule has 0 radical (unpaired) electrons. The number of aromatic nitrogens is 1. The molecule has 0 atom stereocenters. The van der Waals surface area contributed by atoms with Gasteiger partial charge in [0.2, 0.25) is 5.91 Å². The average molecular weight is 290 g/mol. The maximum absolute atomic E-state index is 12.5. The molecule has 0 N–H and O–H groups in total. The van der Waals surface area contributed by atoms with Gasteiger partial charge in [-0.2, -0.15) is 0 Å². The lowest BCUT2D eigenvalue weighted by Gasteiger charge is -2.23. The molecule has 0 aliphatic carbocycles. The minimum absolute atomic E-state index is 0.224. The molecule has 0 unspecified atom stereocenters. The minimum atomic E-state index is 0.224. The van der Waals surface area contributed by atoms with Gasteiger partial charge in [0.25, 0.3) is 0 Å². The van der Waals surface area contributed by atoms with Crippen molar-refractivity contribution in [1.82, 2.24) is 9.47 Å². The number of thiophene rings is 1. The van der Waals surface area contributed by atoms with Crippen LogP contribution >= 0.6 is 11.3 Å². The van der Waals surface area contributed by atoms with Gasteiger partial charge in [0.1, 0.15) is 0 Å². The fourth-order valence-corrected chi connectivity index (χ4v) is 2.87. The summed E-state index contributed by atoms with van der Waals surface area (Å²) < 4.78 is 2.08. The molecule has 0 aliphatic rings. The van der Waals surface area contributed by atoms with Crippen molar-refractivity contribution in [3.63, 3.8) is 0 Å². The number of hydrogen-bond acceptors (Lipinski definition) is 2. The molecule has 4 heteroatoms. The first kappa shape index (κ1) is 14.9. The number of nitrogens with zero attached hydrogens (tertiary/aromatic N) is 2. The van der Waals surface area contributed by atoms with Crippen LogP contribution in [0.15, 0.2) is 35.8 Å². The van der Waals surface area contributed by atoms with Gasteiger partial charge in [-0.3, -0.25) is 4.79 Å². The first-order chi connectivity index (χ1) is 9.70. The van der Waals surface area contributed by atoms with Gasteiger partial charge in [-0.25, -0.2) is 0 Å². The largest absolute Gasteiger partial charge is 0.353 e.